The van der Waals surface area contributed by atoms with Crippen LogP contribution in [0, 0.1) is 17.8 Å². The van der Waals surface area contributed by atoms with E-state index in [2.05, 4.69) is 35.0 Å². The van der Waals surface area contributed by atoms with Crippen molar-refractivity contribution in [2.24, 2.45) is 17.8 Å². The number of benzene rings is 1. The van der Waals surface area contributed by atoms with Gasteiger partial charge in [0.2, 0.25) is 11.8 Å². The molecule has 24 heavy (non-hydrogen) atoms. The van der Waals surface area contributed by atoms with Crippen molar-refractivity contribution in [3.63, 3.8) is 0 Å². The summed E-state index contributed by atoms with van der Waals surface area (Å²) in [5, 5.41) is 9.43. The molecule has 128 valence electrons. The molecule has 5 heteroatoms. The average Bonchev–Trinajstić information content (AvgIpc) is 3.43. The molecular weight excluding hydrogens is 302 g/mol. The van der Waals surface area contributed by atoms with Gasteiger partial charge in [0, 0.05) is 31.1 Å². The first-order valence-corrected chi connectivity index (χ1v) is 9.00. The van der Waals surface area contributed by atoms with Crippen LogP contribution in [0.4, 0.5) is 0 Å². The molecule has 2 aliphatic carbocycles. The Labute approximate surface area is 142 Å². The van der Waals surface area contributed by atoms with E-state index in [1.807, 2.05) is 18.2 Å². The fourth-order valence-corrected chi connectivity index (χ4v) is 3.76. The van der Waals surface area contributed by atoms with E-state index in [9.17, 15) is 9.59 Å². The summed E-state index contributed by atoms with van der Waals surface area (Å²) in [6.45, 7) is 3.32. The summed E-state index contributed by atoms with van der Waals surface area (Å²) in [5.41, 5.74) is 1.28. The fourth-order valence-electron chi connectivity index (χ4n) is 3.76. The molecule has 1 aromatic rings. The predicted molar refractivity (Wildman–Crippen MR) is 91.3 cm³/mol. The zero-order chi connectivity index (χ0) is 16.7. The molecule has 2 saturated carbocycles. The van der Waals surface area contributed by atoms with Crippen LogP contribution >= 0.6 is 0 Å². The zero-order valence-corrected chi connectivity index (χ0v) is 14.0. The van der Waals surface area contributed by atoms with E-state index in [0.29, 0.717) is 31.0 Å². The molecule has 1 saturated heterocycles. The van der Waals surface area contributed by atoms with Gasteiger partial charge in [-0.3, -0.25) is 9.59 Å². The minimum absolute atomic E-state index is 0.0208. The van der Waals surface area contributed by atoms with E-state index in [1.165, 1.54) is 5.56 Å². The zero-order valence-electron chi connectivity index (χ0n) is 14.0. The molecule has 1 heterocycles. The lowest BCUT2D eigenvalue weighted by Gasteiger charge is -2.18. The standard InChI is InChI=1S/C19H25N3O2/c1-11-7-16(11)21-18(23)14-9-20-10-15(14)19(24)22-17-8-13(17)12-5-3-2-4-6-12/h2-6,11,13-17,20H,7-10H2,1H3,(H,21,23)(H,22,24)/t11-,13+,14+,15+,16-,17-/m0/s1. The molecule has 3 aliphatic rings. The van der Waals surface area contributed by atoms with Crippen molar-refractivity contribution in [3.8, 4) is 0 Å². The first-order valence-electron chi connectivity index (χ1n) is 9.00. The lowest BCUT2D eigenvalue weighted by molar-refractivity contribution is -0.133. The highest BCUT2D eigenvalue weighted by Gasteiger charge is 2.45. The third-order valence-electron chi connectivity index (χ3n) is 5.67. The van der Waals surface area contributed by atoms with Crippen LogP contribution in [0.2, 0.25) is 0 Å². The topological polar surface area (TPSA) is 70.2 Å². The molecule has 1 aliphatic heterocycles. The van der Waals surface area contributed by atoms with Crippen LogP contribution in [0.3, 0.4) is 0 Å². The Bertz CT molecular complexity index is 633. The van der Waals surface area contributed by atoms with Gasteiger partial charge >= 0.3 is 0 Å². The van der Waals surface area contributed by atoms with Crippen molar-refractivity contribution in [3.05, 3.63) is 35.9 Å². The van der Waals surface area contributed by atoms with Gasteiger partial charge in [-0.15, -0.1) is 0 Å². The summed E-state index contributed by atoms with van der Waals surface area (Å²) in [7, 11) is 0. The van der Waals surface area contributed by atoms with Crippen LogP contribution in [-0.2, 0) is 9.59 Å². The van der Waals surface area contributed by atoms with Crippen molar-refractivity contribution in [1.29, 1.82) is 0 Å². The van der Waals surface area contributed by atoms with Crippen molar-refractivity contribution >= 4 is 11.8 Å². The Morgan fingerprint density at radius 3 is 2.12 bits per heavy atom. The van der Waals surface area contributed by atoms with E-state index >= 15 is 0 Å². The van der Waals surface area contributed by atoms with Crippen LogP contribution in [0.5, 0.6) is 0 Å². The molecule has 4 rings (SSSR count). The quantitative estimate of drug-likeness (QED) is 0.756. The van der Waals surface area contributed by atoms with E-state index in [-0.39, 0.29) is 29.7 Å². The molecule has 0 spiro atoms. The normalized spacial score (nSPS) is 36.9. The van der Waals surface area contributed by atoms with E-state index in [1.54, 1.807) is 0 Å². The lowest BCUT2D eigenvalue weighted by atomic mass is 9.94. The number of amides is 2. The molecule has 3 fully saturated rings. The highest BCUT2D eigenvalue weighted by atomic mass is 16.2. The second kappa shape index (κ2) is 6.20. The van der Waals surface area contributed by atoms with Gasteiger partial charge in [-0.25, -0.2) is 0 Å². The second-order valence-electron chi connectivity index (χ2n) is 7.57. The smallest absolute Gasteiger partial charge is 0.225 e. The predicted octanol–water partition coefficient (Wildman–Crippen LogP) is 1.02. The van der Waals surface area contributed by atoms with Gasteiger partial charge in [-0.1, -0.05) is 37.3 Å². The monoisotopic (exact) mass is 327 g/mol. The van der Waals surface area contributed by atoms with Crippen molar-refractivity contribution < 1.29 is 9.59 Å². The van der Waals surface area contributed by atoms with Crippen LogP contribution in [-0.4, -0.2) is 37.0 Å². The maximum atomic E-state index is 12.6. The molecule has 0 radical (unpaired) electrons. The summed E-state index contributed by atoms with van der Waals surface area (Å²) < 4.78 is 0. The number of nitrogens with one attached hydrogen (secondary N) is 3. The number of carbonyl (C=O) groups is 2. The molecule has 0 aromatic heterocycles. The Morgan fingerprint density at radius 2 is 1.54 bits per heavy atom. The Morgan fingerprint density at radius 1 is 0.958 bits per heavy atom. The third-order valence-corrected chi connectivity index (χ3v) is 5.67. The molecule has 3 N–H and O–H groups in total. The van der Waals surface area contributed by atoms with E-state index in [0.717, 1.165) is 12.8 Å². The van der Waals surface area contributed by atoms with Gasteiger partial charge in [0.1, 0.15) is 0 Å². The van der Waals surface area contributed by atoms with Crippen LogP contribution in [0.25, 0.3) is 0 Å². The Balaban J connectivity index is 1.32. The molecule has 5 nitrogen and oxygen atoms in total. The van der Waals surface area contributed by atoms with Crippen molar-refractivity contribution in [2.75, 3.05) is 13.1 Å². The summed E-state index contributed by atoms with van der Waals surface area (Å²) in [4.78, 5) is 25.0. The lowest BCUT2D eigenvalue weighted by Crippen LogP contribution is -2.43. The average molecular weight is 327 g/mol. The second-order valence-corrected chi connectivity index (χ2v) is 7.57. The van der Waals surface area contributed by atoms with Gasteiger partial charge in [-0.2, -0.15) is 0 Å². The highest BCUT2D eigenvalue weighted by Crippen LogP contribution is 2.41. The molecule has 0 unspecified atom stereocenters. The minimum atomic E-state index is -0.254. The maximum Gasteiger partial charge on any atom is 0.225 e. The van der Waals surface area contributed by atoms with E-state index < -0.39 is 0 Å². The largest absolute Gasteiger partial charge is 0.353 e. The Hall–Kier alpha value is -1.88. The molecule has 2 amide bonds. The van der Waals surface area contributed by atoms with Gasteiger partial charge in [0.15, 0.2) is 0 Å². The fraction of sp³-hybridized carbons (Fsp3) is 0.579. The summed E-state index contributed by atoms with van der Waals surface area (Å²) >= 11 is 0. The Kier molecular flexibility index (Phi) is 4.04. The summed E-state index contributed by atoms with van der Waals surface area (Å²) in [5.74, 6) is 0.554. The maximum absolute atomic E-state index is 12.6. The number of rotatable bonds is 5. The van der Waals surface area contributed by atoms with Gasteiger partial charge in [-0.05, 0) is 24.3 Å². The van der Waals surface area contributed by atoms with Gasteiger partial charge < -0.3 is 16.0 Å². The number of hydrogen-bond acceptors (Lipinski definition) is 3. The first kappa shape index (κ1) is 15.6. The van der Waals surface area contributed by atoms with Gasteiger partial charge in [0.05, 0.1) is 11.8 Å². The van der Waals surface area contributed by atoms with Crippen molar-refractivity contribution in [1.82, 2.24) is 16.0 Å². The van der Waals surface area contributed by atoms with E-state index in [4.69, 9.17) is 0 Å². The minimum Gasteiger partial charge on any atom is -0.353 e. The summed E-state index contributed by atoms with van der Waals surface area (Å²) in [6, 6.07) is 10.8. The molecule has 1 aromatic carbocycles. The molecular formula is C19H25N3O2. The molecule has 6 atom stereocenters. The van der Waals surface area contributed by atoms with Crippen LogP contribution in [0.15, 0.2) is 30.3 Å². The molecule has 0 bridgehead atoms. The van der Waals surface area contributed by atoms with Crippen molar-refractivity contribution in [2.45, 2.75) is 37.8 Å². The number of hydrogen-bond donors (Lipinski definition) is 3. The first-order chi connectivity index (χ1) is 11.6. The van der Waals surface area contributed by atoms with Gasteiger partial charge in [0.25, 0.3) is 0 Å². The highest BCUT2D eigenvalue weighted by molar-refractivity contribution is 5.89. The SMILES string of the molecule is C[C@H]1C[C@@H]1NC(=O)[C@@H]1CNC[C@H]1C(=O)N[C@H]1C[C@@H]1c1ccccc1. The summed E-state index contributed by atoms with van der Waals surface area (Å²) in [6.07, 6.45) is 2.05. The third kappa shape index (κ3) is 3.18. The van der Waals surface area contributed by atoms with Crippen LogP contribution < -0.4 is 16.0 Å². The van der Waals surface area contributed by atoms with Crippen LogP contribution in [0.1, 0.15) is 31.2 Å². The number of carbonyl (C=O) groups excluding carboxylic acids is 2.